The van der Waals surface area contributed by atoms with E-state index in [1.54, 1.807) is 0 Å². The van der Waals surface area contributed by atoms with Crippen LogP contribution in [0.3, 0.4) is 0 Å². The average molecular weight is 348 g/mol. The van der Waals surface area contributed by atoms with Crippen molar-refractivity contribution in [2.45, 2.75) is 12.8 Å². The van der Waals surface area contributed by atoms with Crippen molar-refractivity contribution in [1.82, 2.24) is 0 Å². The molecule has 5 nitrogen and oxygen atoms in total. The zero-order chi connectivity index (χ0) is 9.19. The summed E-state index contributed by atoms with van der Waals surface area (Å²) >= 11 is -6.11. The van der Waals surface area contributed by atoms with E-state index in [9.17, 15) is 0 Å². The van der Waals surface area contributed by atoms with Crippen molar-refractivity contribution in [3.8, 4) is 0 Å². The van der Waals surface area contributed by atoms with Crippen LogP contribution in [-0.4, -0.2) is 19.6 Å². The second kappa shape index (κ2) is 3.79. The molecule has 0 aromatic heterocycles. The summed E-state index contributed by atoms with van der Waals surface area (Å²) in [6, 6.07) is 0. The van der Waals surface area contributed by atoms with E-state index >= 15 is 0 Å². The van der Waals surface area contributed by atoms with Crippen molar-refractivity contribution in [3.63, 3.8) is 0 Å². The van der Waals surface area contributed by atoms with Gasteiger partial charge in [-0.25, -0.2) is 0 Å². The number of fused-ring (bicyclic) bond motifs is 2. The molecule has 0 unspecified atom stereocenters. The summed E-state index contributed by atoms with van der Waals surface area (Å²) in [6.45, 7) is 4.45. The van der Waals surface area contributed by atoms with Crippen LogP contribution >= 0.6 is 0 Å². The SMILES string of the molecule is C1C[NH+]2CCC1C2.[O]=[Re](=[O])(=[O])[O-]. The van der Waals surface area contributed by atoms with E-state index in [1.807, 2.05) is 4.90 Å². The van der Waals surface area contributed by atoms with Gasteiger partial charge in [0.15, 0.2) is 0 Å². The van der Waals surface area contributed by atoms with Crippen LogP contribution in [0, 0.1) is 5.92 Å². The molecule has 2 aliphatic heterocycles. The third-order valence-electron chi connectivity index (χ3n) is 2.39. The third-order valence-corrected chi connectivity index (χ3v) is 2.39. The predicted octanol–water partition coefficient (Wildman–Crippen LogP) is -2.25. The maximum atomic E-state index is 8.64. The van der Waals surface area contributed by atoms with Crippen LogP contribution in [0.4, 0.5) is 0 Å². The van der Waals surface area contributed by atoms with Gasteiger partial charge in [0.1, 0.15) is 0 Å². The molecule has 2 rings (SSSR count). The molecule has 0 aromatic rings. The molecule has 72 valence electrons. The summed E-state index contributed by atoms with van der Waals surface area (Å²) in [5, 5.41) is 0. The summed E-state index contributed by atoms with van der Waals surface area (Å²) < 4.78 is 34.6. The number of piperidine rings is 1. The maximum absolute atomic E-state index is 8.64. The Balaban J connectivity index is 0.000000130. The molecule has 0 aromatic carbocycles. The Morgan fingerprint density at radius 3 is 1.67 bits per heavy atom. The number of quaternary nitrogens is 1. The molecule has 6 heteroatoms. The van der Waals surface area contributed by atoms with E-state index < -0.39 is 15.8 Å². The van der Waals surface area contributed by atoms with Crippen molar-refractivity contribution in [3.05, 3.63) is 0 Å². The van der Waals surface area contributed by atoms with Crippen LogP contribution in [0.25, 0.3) is 0 Å². The van der Waals surface area contributed by atoms with Gasteiger partial charge in [-0.1, -0.05) is 0 Å². The fourth-order valence-corrected chi connectivity index (χ4v) is 1.90. The zero-order valence-corrected chi connectivity index (χ0v) is 9.34. The molecular weight excluding hydrogens is 336 g/mol. The Kier molecular flexibility index (Phi) is 3.18. The minimum atomic E-state index is -6.11. The van der Waals surface area contributed by atoms with E-state index in [0.717, 1.165) is 5.92 Å². The Morgan fingerprint density at radius 2 is 1.58 bits per heavy atom. The summed E-state index contributed by atoms with van der Waals surface area (Å²) in [5.41, 5.74) is 0. The van der Waals surface area contributed by atoms with Crippen LogP contribution in [0.2, 0.25) is 0 Å². The van der Waals surface area contributed by atoms with E-state index in [-0.39, 0.29) is 0 Å². The number of hydrogen-bond donors (Lipinski definition) is 1. The number of nitrogens with one attached hydrogen (secondary N) is 1. The van der Waals surface area contributed by atoms with Crippen LogP contribution in [0.5, 0.6) is 0 Å². The predicted molar refractivity (Wildman–Crippen MR) is 30.3 cm³/mol. The molecule has 0 spiro atoms. The Morgan fingerprint density at radius 1 is 1.17 bits per heavy atom. The molecule has 1 N–H and O–H groups in total. The summed E-state index contributed by atoms with van der Waals surface area (Å²) in [6.07, 6.45) is 3.05. The van der Waals surface area contributed by atoms with Gasteiger partial charge in [-0.3, -0.25) is 0 Å². The first-order valence-electron chi connectivity index (χ1n) is 3.90. The Hall–Kier alpha value is -0.0177. The van der Waals surface area contributed by atoms with Crippen LogP contribution in [0.15, 0.2) is 0 Å². The topological polar surface area (TPSA) is 78.7 Å². The summed E-state index contributed by atoms with van der Waals surface area (Å²) in [5.74, 6) is 1.13. The molecule has 0 saturated carbocycles. The van der Waals surface area contributed by atoms with Gasteiger partial charge >= 0.3 is 30.0 Å². The van der Waals surface area contributed by atoms with Gasteiger partial charge < -0.3 is 4.90 Å². The van der Waals surface area contributed by atoms with E-state index in [1.165, 1.54) is 32.5 Å². The molecule has 0 aliphatic carbocycles. The second-order valence-corrected chi connectivity index (χ2v) is 5.99. The quantitative estimate of drug-likeness (QED) is 0.536. The van der Waals surface area contributed by atoms with E-state index in [2.05, 4.69) is 0 Å². The van der Waals surface area contributed by atoms with Gasteiger partial charge in [-0.2, -0.15) is 0 Å². The molecule has 0 amide bonds. The van der Waals surface area contributed by atoms with E-state index in [0.29, 0.717) is 0 Å². The van der Waals surface area contributed by atoms with Gasteiger partial charge in [-0.05, 0) is 0 Å². The molecule has 2 fully saturated rings. The molecule has 2 bridgehead atoms. The van der Waals surface area contributed by atoms with Crippen LogP contribution in [-0.2, 0) is 26.2 Å². The molecule has 0 atom stereocenters. The summed E-state index contributed by atoms with van der Waals surface area (Å²) in [7, 11) is 0. The molecule has 2 heterocycles. The van der Waals surface area contributed by atoms with Crippen molar-refractivity contribution in [2.24, 2.45) is 5.92 Å². The first-order chi connectivity index (χ1) is 5.45. The first kappa shape index (κ1) is 10.1. The molecule has 2 saturated heterocycles. The molecule has 0 radical (unpaired) electrons. The standard InChI is InChI=1S/C6H11N.4O.Re/c1-3-7-4-2-6(1)5-7;;;;;/h6H,1-5H2;;;;;/q;;;;-1;/p+1. The Labute approximate surface area is 73.7 Å². The molecular formula is C6H12NO4Re. The van der Waals surface area contributed by atoms with Gasteiger partial charge in [0, 0.05) is 18.8 Å². The van der Waals surface area contributed by atoms with Crippen molar-refractivity contribution in [1.29, 1.82) is 0 Å². The van der Waals surface area contributed by atoms with Crippen LogP contribution in [0.1, 0.15) is 12.8 Å². The van der Waals surface area contributed by atoms with Crippen LogP contribution < -0.4 is 8.73 Å². The first-order valence-corrected chi connectivity index (χ1v) is 8.34. The van der Waals surface area contributed by atoms with Gasteiger partial charge in [0.25, 0.3) is 0 Å². The van der Waals surface area contributed by atoms with Gasteiger partial charge in [0.2, 0.25) is 0 Å². The fourth-order valence-electron chi connectivity index (χ4n) is 1.90. The van der Waals surface area contributed by atoms with Gasteiger partial charge in [-0.15, -0.1) is 0 Å². The average Bonchev–Trinajstić information content (AvgIpc) is 2.42. The van der Waals surface area contributed by atoms with Crippen molar-refractivity contribution < 1.29 is 34.9 Å². The Bertz CT molecular complexity index is 258. The molecule has 12 heavy (non-hydrogen) atoms. The van der Waals surface area contributed by atoms with Crippen molar-refractivity contribution in [2.75, 3.05) is 19.6 Å². The molecule has 2 aliphatic rings. The minimum absolute atomic E-state index is 1.13. The fraction of sp³-hybridized carbons (Fsp3) is 1.00. The number of rotatable bonds is 0. The summed E-state index contributed by atoms with van der Waals surface area (Å²) in [4.78, 5) is 1.87. The number of hydrogen-bond acceptors (Lipinski definition) is 4. The van der Waals surface area contributed by atoms with E-state index in [4.69, 9.17) is 14.2 Å². The van der Waals surface area contributed by atoms with Gasteiger partial charge in [0.05, 0.1) is 19.6 Å². The zero-order valence-electron chi connectivity index (χ0n) is 6.62. The second-order valence-electron chi connectivity index (χ2n) is 3.28. The third kappa shape index (κ3) is 4.12. The van der Waals surface area contributed by atoms with Crippen molar-refractivity contribution >= 4 is 0 Å². The monoisotopic (exact) mass is 349 g/mol. The normalized spacial score (nSPS) is 32.8.